The number of amides is 2. The van der Waals surface area contributed by atoms with Crippen LogP contribution in [-0.2, 0) is 9.59 Å². The van der Waals surface area contributed by atoms with Crippen molar-refractivity contribution in [1.82, 2.24) is 10.2 Å². The molecule has 0 aromatic heterocycles. The predicted octanol–water partition coefficient (Wildman–Crippen LogP) is 1.30. The molecular formula is C13H22N2O2. The molecule has 1 unspecified atom stereocenters. The van der Waals surface area contributed by atoms with E-state index in [0.717, 1.165) is 19.3 Å². The third-order valence-corrected chi connectivity index (χ3v) is 4.31. The van der Waals surface area contributed by atoms with Gasteiger partial charge in [-0.3, -0.25) is 9.59 Å². The first-order valence-corrected chi connectivity index (χ1v) is 6.62. The monoisotopic (exact) mass is 238 g/mol. The van der Waals surface area contributed by atoms with Crippen LogP contribution >= 0.6 is 0 Å². The van der Waals surface area contributed by atoms with Crippen molar-refractivity contribution < 1.29 is 9.59 Å². The quantitative estimate of drug-likeness (QED) is 0.805. The molecular weight excluding hydrogens is 216 g/mol. The smallest absolute Gasteiger partial charge is 0.243 e. The fraction of sp³-hybridized carbons (Fsp3) is 0.846. The summed E-state index contributed by atoms with van der Waals surface area (Å²) in [5.41, 5.74) is -0.0379. The average Bonchev–Trinajstić information content (AvgIpc) is 2.21. The zero-order valence-corrected chi connectivity index (χ0v) is 11.0. The molecule has 0 spiro atoms. The molecule has 0 aromatic rings. The maximum Gasteiger partial charge on any atom is 0.243 e. The van der Waals surface area contributed by atoms with Gasteiger partial charge >= 0.3 is 0 Å². The van der Waals surface area contributed by atoms with E-state index in [1.807, 2.05) is 18.7 Å². The molecule has 17 heavy (non-hydrogen) atoms. The number of nitrogens with one attached hydrogen (secondary N) is 1. The third-order valence-electron chi connectivity index (χ3n) is 4.31. The van der Waals surface area contributed by atoms with Crippen LogP contribution in [0, 0.1) is 5.92 Å². The lowest BCUT2D eigenvalue weighted by Gasteiger charge is -2.55. The third kappa shape index (κ3) is 1.83. The highest BCUT2D eigenvalue weighted by atomic mass is 16.2. The molecule has 2 aliphatic rings. The minimum atomic E-state index is -0.281. The Labute approximate surface area is 103 Å². The zero-order valence-electron chi connectivity index (χ0n) is 11.0. The lowest BCUT2D eigenvalue weighted by atomic mass is 9.71. The van der Waals surface area contributed by atoms with Gasteiger partial charge in [0.1, 0.15) is 6.04 Å². The number of hydrogen-bond acceptors (Lipinski definition) is 2. The molecule has 1 atom stereocenters. The molecule has 0 radical (unpaired) electrons. The summed E-state index contributed by atoms with van der Waals surface area (Å²) in [6, 6.07) is -0.281. The maximum atomic E-state index is 12.2. The fourth-order valence-corrected chi connectivity index (χ4v) is 3.14. The Hall–Kier alpha value is -1.06. The zero-order chi connectivity index (χ0) is 12.6. The summed E-state index contributed by atoms with van der Waals surface area (Å²) in [6.07, 6.45) is 4.22. The van der Waals surface area contributed by atoms with Crippen molar-refractivity contribution in [2.75, 3.05) is 6.54 Å². The van der Waals surface area contributed by atoms with Gasteiger partial charge in [-0.05, 0) is 31.6 Å². The SMILES string of the molecule is CCC1(N2C(=O)CNC(=O)C2C(C)C)CCC1. The van der Waals surface area contributed by atoms with Crippen molar-refractivity contribution in [3.8, 4) is 0 Å². The van der Waals surface area contributed by atoms with E-state index in [9.17, 15) is 9.59 Å². The van der Waals surface area contributed by atoms with Gasteiger partial charge in [0, 0.05) is 5.54 Å². The van der Waals surface area contributed by atoms with Gasteiger partial charge in [-0.25, -0.2) is 0 Å². The number of hydrogen-bond donors (Lipinski definition) is 1. The van der Waals surface area contributed by atoms with Crippen LogP contribution in [0.25, 0.3) is 0 Å². The van der Waals surface area contributed by atoms with E-state index >= 15 is 0 Å². The lowest BCUT2D eigenvalue weighted by molar-refractivity contribution is -0.160. The number of carbonyl (C=O) groups is 2. The summed E-state index contributed by atoms with van der Waals surface area (Å²) in [4.78, 5) is 26.1. The summed E-state index contributed by atoms with van der Waals surface area (Å²) >= 11 is 0. The second-order valence-corrected chi connectivity index (χ2v) is 5.60. The van der Waals surface area contributed by atoms with Crippen molar-refractivity contribution in [3.05, 3.63) is 0 Å². The molecule has 1 N–H and O–H groups in total. The first kappa shape index (κ1) is 12.4. The van der Waals surface area contributed by atoms with E-state index in [0.29, 0.717) is 0 Å². The Kier molecular flexibility index (Phi) is 3.15. The van der Waals surface area contributed by atoms with Crippen molar-refractivity contribution >= 4 is 11.8 Å². The van der Waals surface area contributed by atoms with Crippen LogP contribution < -0.4 is 5.32 Å². The van der Waals surface area contributed by atoms with Gasteiger partial charge < -0.3 is 10.2 Å². The Morgan fingerprint density at radius 2 is 2.06 bits per heavy atom. The molecule has 1 aliphatic carbocycles. The summed E-state index contributed by atoms with van der Waals surface area (Å²) < 4.78 is 0. The van der Waals surface area contributed by atoms with Crippen LogP contribution in [-0.4, -0.2) is 34.8 Å². The number of carbonyl (C=O) groups excluding carboxylic acids is 2. The van der Waals surface area contributed by atoms with Gasteiger partial charge in [-0.15, -0.1) is 0 Å². The highest BCUT2D eigenvalue weighted by molar-refractivity contribution is 5.95. The van der Waals surface area contributed by atoms with Crippen LogP contribution in [0.3, 0.4) is 0 Å². The molecule has 4 nitrogen and oxygen atoms in total. The molecule has 1 aliphatic heterocycles. The summed E-state index contributed by atoms with van der Waals surface area (Å²) in [5, 5.41) is 2.71. The topological polar surface area (TPSA) is 49.4 Å². The first-order valence-electron chi connectivity index (χ1n) is 6.62. The molecule has 2 fully saturated rings. The molecule has 4 heteroatoms. The van der Waals surface area contributed by atoms with E-state index in [4.69, 9.17) is 0 Å². The summed E-state index contributed by atoms with van der Waals surface area (Å²) in [6.45, 7) is 6.32. The van der Waals surface area contributed by atoms with Gasteiger partial charge in [-0.1, -0.05) is 20.8 Å². The Morgan fingerprint density at radius 3 is 2.47 bits per heavy atom. The van der Waals surface area contributed by atoms with Crippen LogP contribution in [0.1, 0.15) is 46.5 Å². The van der Waals surface area contributed by atoms with E-state index in [1.165, 1.54) is 6.42 Å². The average molecular weight is 238 g/mol. The maximum absolute atomic E-state index is 12.2. The fourth-order valence-electron chi connectivity index (χ4n) is 3.14. The van der Waals surface area contributed by atoms with Gasteiger partial charge in [0.05, 0.1) is 6.54 Å². The summed E-state index contributed by atoms with van der Waals surface area (Å²) in [7, 11) is 0. The number of rotatable bonds is 3. The molecule has 0 bridgehead atoms. The second kappa shape index (κ2) is 4.31. The largest absolute Gasteiger partial charge is 0.345 e. The van der Waals surface area contributed by atoms with Crippen molar-refractivity contribution in [2.24, 2.45) is 5.92 Å². The standard InChI is InChI=1S/C13H22N2O2/c1-4-13(6-5-7-13)15-10(16)8-14-12(17)11(15)9(2)3/h9,11H,4-8H2,1-3H3,(H,14,17). The molecule has 1 saturated heterocycles. The molecule has 1 saturated carbocycles. The lowest BCUT2D eigenvalue weighted by Crippen LogP contribution is -2.69. The number of piperazine rings is 1. The Morgan fingerprint density at radius 1 is 1.41 bits per heavy atom. The van der Waals surface area contributed by atoms with E-state index in [2.05, 4.69) is 12.2 Å². The molecule has 1 heterocycles. The van der Waals surface area contributed by atoms with Gasteiger partial charge in [-0.2, -0.15) is 0 Å². The predicted molar refractivity (Wildman–Crippen MR) is 65.4 cm³/mol. The van der Waals surface area contributed by atoms with Crippen LogP contribution in [0.15, 0.2) is 0 Å². The van der Waals surface area contributed by atoms with E-state index in [1.54, 1.807) is 0 Å². The Balaban J connectivity index is 2.31. The van der Waals surface area contributed by atoms with E-state index in [-0.39, 0.29) is 35.9 Å². The second-order valence-electron chi connectivity index (χ2n) is 5.60. The van der Waals surface area contributed by atoms with Gasteiger partial charge in [0.2, 0.25) is 11.8 Å². The van der Waals surface area contributed by atoms with Crippen LogP contribution in [0.5, 0.6) is 0 Å². The highest BCUT2D eigenvalue weighted by Gasteiger charge is 2.50. The minimum absolute atomic E-state index is 0.0133. The molecule has 2 rings (SSSR count). The van der Waals surface area contributed by atoms with E-state index < -0.39 is 0 Å². The molecule has 96 valence electrons. The van der Waals surface area contributed by atoms with Gasteiger partial charge in [0.15, 0.2) is 0 Å². The van der Waals surface area contributed by atoms with Gasteiger partial charge in [0.25, 0.3) is 0 Å². The Bertz CT molecular complexity index is 329. The van der Waals surface area contributed by atoms with Crippen molar-refractivity contribution in [3.63, 3.8) is 0 Å². The van der Waals surface area contributed by atoms with Crippen LogP contribution in [0.4, 0.5) is 0 Å². The minimum Gasteiger partial charge on any atom is -0.345 e. The molecule has 2 amide bonds. The van der Waals surface area contributed by atoms with Crippen molar-refractivity contribution in [1.29, 1.82) is 0 Å². The highest BCUT2D eigenvalue weighted by Crippen LogP contribution is 2.43. The first-order chi connectivity index (χ1) is 8.02. The normalized spacial score (nSPS) is 28.0. The molecule has 0 aromatic carbocycles. The summed E-state index contributed by atoms with van der Waals surface area (Å²) in [5.74, 6) is 0.271. The van der Waals surface area contributed by atoms with Crippen LogP contribution in [0.2, 0.25) is 0 Å². The van der Waals surface area contributed by atoms with Crippen molar-refractivity contribution in [2.45, 2.75) is 58.0 Å². The number of nitrogens with zero attached hydrogens (tertiary/aromatic N) is 1.